The number of nitrogens with two attached hydrogens (primary N) is 1. The van der Waals surface area contributed by atoms with Crippen LogP contribution in [-0.2, 0) is 9.53 Å². The second-order valence-corrected chi connectivity index (χ2v) is 5.36. The van der Waals surface area contributed by atoms with Crippen molar-refractivity contribution in [1.29, 1.82) is 0 Å². The number of amides is 1. The van der Waals surface area contributed by atoms with Crippen LogP contribution < -0.4 is 5.73 Å². The Hall–Kier alpha value is -0.570. The summed E-state index contributed by atoms with van der Waals surface area (Å²) in [5.41, 5.74) is 5.97. The molecule has 0 aliphatic carbocycles. The molecular formula is C13H25IN4O2. The van der Waals surface area contributed by atoms with Gasteiger partial charge in [-0.15, -0.1) is 24.0 Å². The van der Waals surface area contributed by atoms with Gasteiger partial charge in [-0.2, -0.15) is 0 Å². The Labute approximate surface area is 137 Å². The topological polar surface area (TPSA) is 71.2 Å². The SMILES string of the molecule is CC1CCCN(C(N)=NCC(=O)N2CCOCC2)C1.I. The zero-order chi connectivity index (χ0) is 13.7. The fourth-order valence-corrected chi connectivity index (χ4v) is 2.56. The fraction of sp³-hybridized carbons (Fsp3) is 0.846. The number of ether oxygens (including phenoxy) is 1. The molecule has 0 aromatic rings. The van der Waals surface area contributed by atoms with Gasteiger partial charge in [0, 0.05) is 26.2 Å². The lowest BCUT2D eigenvalue weighted by molar-refractivity contribution is -0.133. The Kier molecular flexibility index (Phi) is 7.57. The van der Waals surface area contributed by atoms with Crippen LogP contribution in [0.25, 0.3) is 0 Å². The van der Waals surface area contributed by atoms with E-state index in [-0.39, 0.29) is 36.4 Å². The molecule has 1 unspecified atom stereocenters. The number of hydrogen-bond donors (Lipinski definition) is 1. The molecule has 7 heteroatoms. The Morgan fingerprint density at radius 2 is 2.00 bits per heavy atom. The van der Waals surface area contributed by atoms with Crippen LogP contribution in [0.3, 0.4) is 0 Å². The number of carbonyl (C=O) groups excluding carboxylic acids is 1. The molecule has 2 N–H and O–H groups in total. The highest BCUT2D eigenvalue weighted by Gasteiger charge is 2.19. The third-order valence-electron chi connectivity index (χ3n) is 3.72. The number of nitrogens with zero attached hydrogens (tertiary/aromatic N) is 3. The van der Waals surface area contributed by atoms with Crippen molar-refractivity contribution in [2.24, 2.45) is 16.6 Å². The molecule has 6 nitrogen and oxygen atoms in total. The minimum Gasteiger partial charge on any atom is -0.378 e. The highest BCUT2D eigenvalue weighted by molar-refractivity contribution is 14.0. The maximum atomic E-state index is 11.9. The van der Waals surface area contributed by atoms with E-state index in [1.807, 2.05) is 0 Å². The number of morpholine rings is 1. The van der Waals surface area contributed by atoms with E-state index in [2.05, 4.69) is 16.8 Å². The molecule has 2 fully saturated rings. The minimum atomic E-state index is 0. The maximum absolute atomic E-state index is 11.9. The van der Waals surface area contributed by atoms with E-state index in [0.29, 0.717) is 38.2 Å². The molecule has 0 radical (unpaired) electrons. The lowest BCUT2D eigenvalue weighted by atomic mass is 10.0. The molecular weight excluding hydrogens is 371 g/mol. The summed E-state index contributed by atoms with van der Waals surface area (Å²) in [6.45, 7) is 6.83. The van der Waals surface area contributed by atoms with Gasteiger partial charge in [-0.25, -0.2) is 4.99 Å². The molecule has 2 aliphatic heterocycles. The van der Waals surface area contributed by atoms with Crippen LogP contribution >= 0.6 is 24.0 Å². The molecule has 1 atom stereocenters. The largest absolute Gasteiger partial charge is 0.378 e. The van der Waals surface area contributed by atoms with Gasteiger partial charge in [0.05, 0.1) is 13.2 Å². The van der Waals surface area contributed by atoms with Gasteiger partial charge in [0.25, 0.3) is 0 Å². The second-order valence-electron chi connectivity index (χ2n) is 5.36. The summed E-state index contributed by atoms with van der Waals surface area (Å²) in [5, 5.41) is 0. The molecule has 2 aliphatic rings. The predicted octanol–water partition coefficient (Wildman–Crippen LogP) is 0.510. The number of guanidine groups is 1. The molecule has 1 amide bonds. The van der Waals surface area contributed by atoms with E-state index in [1.165, 1.54) is 6.42 Å². The minimum absolute atomic E-state index is 0. The molecule has 0 aromatic carbocycles. The molecule has 2 saturated heterocycles. The first kappa shape index (κ1) is 17.5. The van der Waals surface area contributed by atoms with Gasteiger partial charge >= 0.3 is 0 Å². The second kappa shape index (κ2) is 8.66. The summed E-state index contributed by atoms with van der Waals surface area (Å²) < 4.78 is 5.22. The monoisotopic (exact) mass is 396 g/mol. The van der Waals surface area contributed by atoms with Crippen LogP contribution in [0.2, 0.25) is 0 Å². The van der Waals surface area contributed by atoms with E-state index in [4.69, 9.17) is 10.5 Å². The van der Waals surface area contributed by atoms with Gasteiger partial charge in [-0.1, -0.05) is 6.92 Å². The molecule has 0 saturated carbocycles. The van der Waals surface area contributed by atoms with Crippen molar-refractivity contribution in [3.05, 3.63) is 0 Å². The zero-order valence-electron chi connectivity index (χ0n) is 12.1. The van der Waals surface area contributed by atoms with E-state index in [1.54, 1.807) is 4.90 Å². The van der Waals surface area contributed by atoms with Crippen molar-refractivity contribution in [3.8, 4) is 0 Å². The third kappa shape index (κ3) is 5.08. The first-order valence-electron chi connectivity index (χ1n) is 7.07. The van der Waals surface area contributed by atoms with Gasteiger partial charge in [0.2, 0.25) is 5.91 Å². The maximum Gasteiger partial charge on any atom is 0.244 e. The van der Waals surface area contributed by atoms with Crippen molar-refractivity contribution in [2.75, 3.05) is 45.9 Å². The Morgan fingerprint density at radius 3 is 2.65 bits per heavy atom. The van der Waals surface area contributed by atoms with Crippen molar-refractivity contribution in [2.45, 2.75) is 19.8 Å². The Balaban J connectivity index is 0.00000200. The van der Waals surface area contributed by atoms with Crippen LogP contribution in [0.1, 0.15) is 19.8 Å². The highest BCUT2D eigenvalue weighted by Crippen LogP contribution is 2.14. The number of halogens is 1. The summed E-state index contributed by atoms with van der Waals surface area (Å²) >= 11 is 0. The zero-order valence-corrected chi connectivity index (χ0v) is 14.4. The number of rotatable bonds is 2. The summed E-state index contributed by atoms with van der Waals surface area (Å²) in [5.74, 6) is 1.20. The van der Waals surface area contributed by atoms with Crippen LogP contribution in [0.5, 0.6) is 0 Å². The normalized spacial score (nSPS) is 24.2. The summed E-state index contributed by atoms with van der Waals surface area (Å²) in [4.78, 5) is 20.1. The average molecular weight is 396 g/mol. The van der Waals surface area contributed by atoms with Gasteiger partial charge < -0.3 is 20.3 Å². The number of aliphatic imine (C=N–C) groups is 1. The van der Waals surface area contributed by atoms with E-state index < -0.39 is 0 Å². The van der Waals surface area contributed by atoms with Crippen LogP contribution in [0, 0.1) is 5.92 Å². The quantitative estimate of drug-likeness (QED) is 0.420. The molecule has 116 valence electrons. The lowest BCUT2D eigenvalue weighted by Crippen LogP contribution is -2.45. The first-order chi connectivity index (χ1) is 9.16. The Bertz CT molecular complexity index is 345. The van der Waals surface area contributed by atoms with E-state index in [0.717, 1.165) is 19.5 Å². The number of piperidine rings is 1. The molecule has 0 bridgehead atoms. The average Bonchev–Trinajstić information content (AvgIpc) is 2.45. The number of likely N-dealkylation sites (tertiary alicyclic amines) is 1. The van der Waals surface area contributed by atoms with E-state index in [9.17, 15) is 4.79 Å². The molecule has 2 rings (SSSR count). The smallest absolute Gasteiger partial charge is 0.244 e. The van der Waals surface area contributed by atoms with Crippen molar-refractivity contribution in [3.63, 3.8) is 0 Å². The predicted molar refractivity (Wildman–Crippen MR) is 89.3 cm³/mol. The lowest BCUT2D eigenvalue weighted by Gasteiger charge is -2.32. The van der Waals surface area contributed by atoms with Gasteiger partial charge in [-0.05, 0) is 18.8 Å². The molecule has 2 heterocycles. The van der Waals surface area contributed by atoms with Crippen LogP contribution in [-0.4, -0.2) is 67.6 Å². The van der Waals surface area contributed by atoms with Gasteiger partial charge in [-0.3, -0.25) is 4.79 Å². The van der Waals surface area contributed by atoms with Crippen LogP contribution in [0.15, 0.2) is 4.99 Å². The molecule has 20 heavy (non-hydrogen) atoms. The number of carbonyl (C=O) groups is 1. The summed E-state index contributed by atoms with van der Waals surface area (Å²) in [6.07, 6.45) is 2.39. The molecule has 0 aromatic heterocycles. The highest BCUT2D eigenvalue weighted by atomic mass is 127. The third-order valence-corrected chi connectivity index (χ3v) is 3.72. The van der Waals surface area contributed by atoms with Crippen molar-refractivity contribution < 1.29 is 9.53 Å². The fourth-order valence-electron chi connectivity index (χ4n) is 2.56. The number of hydrogen-bond acceptors (Lipinski definition) is 3. The van der Waals surface area contributed by atoms with Crippen molar-refractivity contribution >= 4 is 35.8 Å². The first-order valence-corrected chi connectivity index (χ1v) is 7.07. The van der Waals surface area contributed by atoms with Gasteiger partial charge in [0.15, 0.2) is 5.96 Å². The van der Waals surface area contributed by atoms with Crippen molar-refractivity contribution in [1.82, 2.24) is 9.80 Å². The van der Waals surface area contributed by atoms with Crippen LogP contribution in [0.4, 0.5) is 0 Å². The standard InChI is InChI=1S/C13H24N4O2.HI/c1-11-3-2-4-17(10-11)13(14)15-9-12(18)16-5-7-19-8-6-16;/h11H,2-10H2,1H3,(H2,14,15);1H. The summed E-state index contributed by atoms with van der Waals surface area (Å²) in [7, 11) is 0. The Morgan fingerprint density at radius 1 is 1.30 bits per heavy atom. The summed E-state index contributed by atoms with van der Waals surface area (Å²) in [6, 6.07) is 0. The molecule has 0 spiro atoms. The van der Waals surface area contributed by atoms with E-state index >= 15 is 0 Å². The van der Waals surface area contributed by atoms with Gasteiger partial charge in [0.1, 0.15) is 6.54 Å².